The van der Waals surface area contributed by atoms with E-state index in [-0.39, 0.29) is 11.8 Å². The molecule has 0 unspecified atom stereocenters. The Morgan fingerprint density at radius 2 is 0.905 bits per heavy atom. The van der Waals surface area contributed by atoms with Crippen molar-refractivity contribution in [2.75, 3.05) is 0 Å². The molecule has 0 atom stereocenters. The van der Waals surface area contributed by atoms with E-state index in [9.17, 15) is 9.59 Å². The molecule has 0 N–H and O–H groups in total. The molecule has 0 radical (unpaired) electrons. The second kappa shape index (κ2) is 9.57. The van der Waals surface area contributed by atoms with Crippen molar-refractivity contribution in [1.29, 1.82) is 0 Å². The quantitative estimate of drug-likeness (QED) is 0.256. The molecule has 4 aromatic rings. The van der Waals surface area contributed by atoms with Crippen LogP contribution in [0.15, 0.2) is 133 Å². The van der Waals surface area contributed by atoms with Crippen LogP contribution in [-0.2, 0) is 22.4 Å². The number of carbonyl (C=O) groups excluding carboxylic acids is 2. The summed E-state index contributed by atoms with van der Waals surface area (Å²) in [6.07, 6.45) is 12.9. The van der Waals surface area contributed by atoms with Gasteiger partial charge in [0.15, 0.2) is 0 Å². The zero-order valence-electron chi connectivity index (χ0n) is 22.8. The molecule has 8 rings (SSSR count). The predicted octanol–water partition coefficient (Wildman–Crippen LogP) is 7.20. The Balaban J connectivity index is 1.24. The molecule has 0 fully saturated rings. The zero-order valence-corrected chi connectivity index (χ0v) is 22.8. The van der Waals surface area contributed by atoms with Crippen LogP contribution in [0.25, 0.3) is 23.5 Å². The maximum Gasteiger partial charge on any atom is 0.263 e. The summed E-state index contributed by atoms with van der Waals surface area (Å²) in [5, 5.41) is 0. The summed E-state index contributed by atoms with van der Waals surface area (Å²) in [4.78, 5) is 31.1. The molecule has 0 spiro atoms. The summed E-state index contributed by atoms with van der Waals surface area (Å²) in [5.74, 6) is -0.355. The van der Waals surface area contributed by atoms with Crippen molar-refractivity contribution in [3.63, 3.8) is 0 Å². The molecule has 4 heteroatoms. The molecule has 0 aliphatic carbocycles. The van der Waals surface area contributed by atoms with Crippen molar-refractivity contribution in [3.05, 3.63) is 177 Å². The van der Waals surface area contributed by atoms with E-state index in [0.29, 0.717) is 11.1 Å². The second-order valence-electron chi connectivity index (χ2n) is 11.0. The van der Waals surface area contributed by atoms with Crippen LogP contribution in [0.5, 0.6) is 0 Å². The minimum absolute atomic E-state index is 0.178. The first kappa shape index (κ1) is 24.3. The van der Waals surface area contributed by atoms with Crippen LogP contribution >= 0.6 is 0 Å². The van der Waals surface area contributed by atoms with E-state index in [1.165, 1.54) is 11.1 Å². The van der Waals surface area contributed by atoms with Crippen molar-refractivity contribution in [2.45, 2.75) is 12.8 Å². The lowest BCUT2D eigenvalue weighted by molar-refractivity contribution is -0.123. The number of amides is 2. The number of carbonyl (C=O) groups is 2. The van der Waals surface area contributed by atoms with Crippen LogP contribution in [0.4, 0.5) is 0 Å². The fraction of sp³-hybridized carbons (Fsp3) is 0.0526. The monoisotopic (exact) mass is 542 g/mol. The minimum Gasteiger partial charge on any atom is -0.283 e. The summed E-state index contributed by atoms with van der Waals surface area (Å²) in [7, 11) is 0. The average molecular weight is 543 g/mol. The van der Waals surface area contributed by atoms with Crippen LogP contribution < -0.4 is 0 Å². The van der Waals surface area contributed by atoms with Gasteiger partial charge in [0.25, 0.3) is 11.8 Å². The molecule has 0 bridgehead atoms. The summed E-state index contributed by atoms with van der Waals surface area (Å²) in [6, 6.07) is 33.2. The normalized spacial score (nSPS) is 18.0. The average Bonchev–Trinajstić information content (AvgIpc) is 3.54. The van der Waals surface area contributed by atoms with Gasteiger partial charge in [-0.25, -0.2) is 0 Å². The summed E-state index contributed by atoms with van der Waals surface area (Å²) < 4.78 is 0. The Morgan fingerprint density at radius 1 is 0.476 bits per heavy atom. The first-order chi connectivity index (χ1) is 20.7. The lowest BCUT2D eigenvalue weighted by Crippen LogP contribution is -2.25. The molecular formula is C38H26N2O2. The molecule has 42 heavy (non-hydrogen) atoms. The molecule has 200 valence electrons. The fourth-order valence-electron chi connectivity index (χ4n) is 6.46. The van der Waals surface area contributed by atoms with Gasteiger partial charge in [-0.2, -0.15) is 0 Å². The molecule has 4 nitrogen and oxygen atoms in total. The highest BCUT2D eigenvalue weighted by molar-refractivity contribution is 6.20. The number of nitrogens with zero attached hydrogens (tertiary/aromatic N) is 2. The van der Waals surface area contributed by atoms with E-state index in [0.717, 1.165) is 57.6 Å². The van der Waals surface area contributed by atoms with Gasteiger partial charge >= 0.3 is 0 Å². The third-order valence-corrected chi connectivity index (χ3v) is 8.43. The first-order valence-electron chi connectivity index (χ1n) is 14.2. The number of rotatable bonds is 4. The smallest absolute Gasteiger partial charge is 0.263 e. The second-order valence-corrected chi connectivity index (χ2v) is 11.0. The van der Waals surface area contributed by atoms with Gasteiger partial charge in [-0.1, -0.05) is 97.1 Å². The predicted molar refractivity (Wildman–Crippen MR) is 166 cm³/mol. The van der Waals surface area contributed by atoms with Gasteiger partial charge < -0.3 is 0 Å². The third kappa shape index (κ3) is 3.84. The van der Waals surface area contributed by atoms with Gasteiger partial charge in [0.2, 0.25) is 0 Å². The standard InChI is InChI=1S/C38H26N2O2/c41-37-31(23-33-35-27(17-19-39(33)37)13-7-15-29(35)21-25-9-3-1-4-10-25)32-24-34-36-28(18-20-40(34)38(32)42)14-8-16-30(36)22-26-11-5-2-6-12-26/h1-20,23-24H,21-22H2. The summed E-state index contributed by atoms with van der Waals surface area (Å²) in [6.45, 7) is 0. The van der Waals surface area contributed by atoms with E-state index in [2.05, 4.69) is 60.7 Å². The van der Waals surface area contributed by atoms with Crippen molar-refractivity contribution in [3.8, 4) is 0 Å². The molecular weight excluding hydrogens is 516 g/mol. The third-order valence-electron chi connectivity index (χ3n) is 8.43. The van der Waals surface area contributed by atoms with Crippen molar-refractivity contribution in [1.82, 2.24) is 9.80 Å². The molecule has 4 aliphatic heterocycles. The molecule has 0 aromatic heterocycles. The summed E-state index contributed by atoms with van der Waals surface area (Å²) >= 11 is 0. The van der Waals surface area contributed by atoms with Crippen LogP contribution in [0.3, 0.4) is 0 Å². The largest absolute Gasteiger partial charge is 0.283 e. The molecule has 4 aromatic carbocycles. The van der Waals surface area contributed by atoms with Crippen molar-refractivity contribution >= 4 is 35.4 Å². The Hall–Kier alpha value is -5.48. The molecule has 4 aliphatic rings. The number of benzene rings is 4. The lowest BCUT2D eigenvalue weighted by atomic mass is 9.91. The van der Waals surface area contributed by atoms with E-state index < -0.39 is 0 Å². The van der Waals surface area contributed by atoms with Crippen LogP contribution in [-0.4, -0.2) is 21.6 Å². The van der Waals surface area contributed by atoms with E-state index in [4.69, 9.17) is 0 Å². The zero-order chi connectivity index (χ0) is 28.2. The molecule has 0 saturated heterocycles. The minimum atomic E-state index is -0.178. The number of fused-ring (bicyclic) bond motifs is 6. The van der Waals surface area contributed by atoms with Crippen LogP contribution in [0.2, 0.25) is 0 Å². The Morgan fingerprint density at radius 3 is 1.33 bits per heavy atom. The fourth-order valence-corrected chi connectivity index (χ4v) is 6.46. The van der Waals surface area contributed by atoms with E-state index >= 15 is 0 Å². The van der Waals surface area contributed by atoms with Gasteiger partial charge in [-0.05, 0) is 70.5 Å². The Labute approximate surface area is 244 Å². The van der Waals surface area contributed by atoms with Gasteiger partial charge in [0.05, 0.1) is 22.5 Å². The highest BCUT2D eigenvalue weighted by atomic mass is 16.2. The van der Waals surface area contributed by atoms with E-state index in [1.807, 2.05) is 73.1 Å². The van der Waals surface area contributed by atoms with E-state index in [1.54, 1.807) is 9.80 Å². The van der Waals surface area contributed by atoms with Crippen molar-refractivity contribution < 1.29 is 9.59 Å². The van der Waals surface area contributed by atoms with Gasteiger partial charge in [-0.3, -0.25) is 19.4 Å². The number of hydrogen-bond donors (Lipinski definition) is 0. The number of hydrogen-bond acceptors (Lipinski definition) is 2. The van der Waals surface area contributed by atoms with Crippen LogP contribution in [0.1, 0.15) is 44.5 Å². The lowest BCUT2D eigenvalue weighted by Gasteiger charge is -2.25. The van der Waals surface area contributed by atoms with Gasteiger partial charge in [0.1, 0.15) is 0 Å². The highest BCUT2D eigenvalue weighted by Gasteiger charge is 2.39. The van der Waals surface area contributed by atoms with Gasteiger partial charge in [0, 0.05) is 23.5 Å². The molecule has 0 saturated carbocycles. The van der Waals surface area contributed by atoms with Gasteiger partial charge in [-0.15, -0.1) is 0 Å². The highest BCUT2D eigenvalue weighted by Crippen LogP contribution is 2.43. The Bertz CT molecular complexity index is 1820. The molecule has 2 amide bonds. The maximum absolute atomic E-state index is 13.9. The SMILES string of the molecule is O=C1C(=C2C=C3c4c(cccc4Cc4ccccc4)C=CN3C2=O)C=C2c3c(cccc3Cc3ccccc3)C=CN12. The molecule has 4 heterocycles. The van der Waals surface area contributed by atoms with Crippen LogP contribution in [0, 0.1) is 0 Å². The van der Waals surface area contributed by atoms with Crippen molar-refractivity contribution in [2.24, 2.45) is 0 Å². The maximum atomic E-state index is 13.9. The topological polar surface area (TPSA) is 40.6 Å². The first-order valence-corrected chi connectivity index (χ1v) is 14.2. The Kier molecular flexibility index (Phi) is 5.54. The summed E-state index contributed by atoms with van der Waals surface area (Å²) in [5.41, 5.74) is 11.4.